The Bertz CT molecular complexity index is 6460. The molecular formula is C84H55N7. The number of allylic oxidation sites excluding steroid dienone is 1. The lowest BCUT2D eigenvalue weighted by atomic mass is 9.92. The van der Waals surface area contributed by atoms with Crippen LogP contribution in [0.4, 0.5) is 0 Å². The molecule has 1 atom stereocenters. The van der Waals surface area contributed by atoms with Gasteiger partial charge in [0.05, 0.1) is 61.0 Å². The van der Waals surface area contributed by atoms with Crippen molar-refractivity contribution in [1.29, 1.82) is 5.26 Å². The molecule has 0 bridgehead atoms. The van der Waals surface area contributed by atoms with Gasteiger partial charge in [-0.25, -0.2) is 9.97 Å². The molecule has 8 aromatic heterocycles. The molecule has 0 aliphatic heterocycles. The molecule has 1 aliphatic carbocycles. The fourth-order valence-electron chi connectivity index (χ4n) is 16.7. The van der Waals surface area contributed by atoms with E-state index in [0.29, 0.717) is 11.6 Å². The van der Waals surface area contributed by atoms with Gasteiger partial charge in [0.2, 0.25) is 0 Å². The van der Waals surface area contributed by atoms with Gasteiger partial charge in [0.25, 0.3) is 0 Å². The maximum atomic E-state index is 10.8. The van der Waals surface area contributed by atoms with E-state index in [-0.39, 0.29) is 0 Å². The van der Waals surface area contributed by atoms with E-state index in [2.05, 4.69) is 269 Å². The Hall–Kier alpha value is -11.6. The average molecular weight is 1160 g/mol. The minimum Gasteiger partial charge on any atom is -0.308 e. The third-order valence-corrected chi connectivity index (χ3v) is 20.6. The van der Waals surface area contributed by atoms with Crippen LogP contribution in [0.3, 0.4) is 0 Å². The van der Waals surface area contributed by atoms with Gasteiger partial charge in [0.1, 0.15) is 17.7 Å². The van der Waals surface area contributed by atoms with E-state index in [1.165, 1.54) is 114 Å². The molecule has 1 aliphatic rings. The number of hydrogen-bond acceptors (Lipinski definition) is 3. The summed E-state index contributed by atoms with van der Waals surface area (Å²) < 4.78 is 10.0. The summed E-state index contributed by atoms with van der Waals surface area (Å²) in [6.45, 7) is 6.82. The summed E-state index contributed by atoms with van der Waals surface area (Å²) >= 11 is 0. The first kappa shape index (κ1) is 50.4. The van der Waals surface area contributed by atoms with Gasteiger partial charge in [-0.05, 0) is 112 Å². The molecule has 19 aromatic rings. The van der Waals surface area contributed by atoms with Crippen LogP contribution in [0.25, 0.3) is 182 Å². The van der Waals surface area contributed by atoms with Crippen molar-refractivity contribution in [1.82, 2.24) is 27.9 Å². The highest BCUT2D eigenvalue weighted by atomic mass is 15.1. The molecule has 8 heterocycles. The zero-order valence-electron chi connectivity index (χ0n) is 50.3. The molecule has 7 nitrogen and oxygen atoms in total. The fraction of sp³-hybridized carbons (Fsp3) is 0.0833. The number of benzene rings is 11. The number of pyridine rings is 2. The van der Waals surface area contributed by atoms with Gasteiger partial charge in [-0.1, -0.05) is 209 Å². The maximum Gasteiger partial charge on any atom is 0.150 e. The van der Waals surface area contributed by atoms with Crippen molar-refractivity contribution in [3.8, 4) is 51.2 Å². The first-order valence-corrected chi connectivity index (χ1v) is 32.0. The number of rotatable bonds is 7. The van der Waals surface area contributed by atoms with Gasteiger partial charge in [0.15, 0.2) is 5.69 Å². The second kappa shape index (κ2) is 18.5. The van der Waals surface area contributed by atoms with E-state index in [9.17, 15) is 5.26 Å². The molecule has 0 N–H and O–H groups in total. The number of nitriles is 1. The molecule has 0 fully saturated rings. The second-order valence-corrected chi connectivity index (χ2v) is 25.2. The predicted molar refractivity (Wildman–Crippen MR) is 379 cm³/mol. The largest absolute Gasteiger partial charge is 0.308 e. The monoisotopic (exact) mass is 1160 g/mol. The Labute approximate surface area is 522 Å². The van der Waals surface area contributed by atoms with Crippen LogP contribution in [-0.4, -0.2) is 27.9 Å². The third-order valence-electron chi connectivity index (χ3n) is 20.6. The van der Waals surface area contributed by atoms with E-state index in [1.807, 2.05) is 12.1 Å². The lowest BCUT2D eigenvalue weighted by Gasteiger charge is -2.18. The van der Waals surface area contributed by atoms with Crippen molar-refractivity contribution in [3.63, 3.8) is 0 Å². The minimum atomic E-state index is 0.361. The standard InChI is InChI=1S/C84H55N7/c1-4-53-55-21-9-11-23-57(55)69(46-85)86-83(53)90-73-40-31-47(3)41-64(73)68-45-66-59-25-14-17-29-71(59)89-75-43-52(37-39-63(75)77(80(66)89)82(68)90)51-36-38-60-67-44-65-58-24-13-16-28-70(58)88-72-30-18-15-27-62(72)76(79(65)88)81(67)91(74(60)42-51)84-54(5-2)56-22-10-12-26-61(56)78(87-84)50-34-32-49(33-35-50)48-19-7-6-8-20-48/h6-40,42-45,47H,4-5,41H2,1-3H3. The average Bonchev–Trinajstić information content (AvgIpc) is 1.53. The number of hydrogen-bond donors (Lipinski definition) is 0. The van der Waals surface area contributed by atoms with Gasteiger partial charge in [0, 0.05) is 86.7 Å². The van der Waals surface area contributed by atoms with Gasteiger partial charge >= 0.3 is 0 Å². The zero-order chi connectivity index (χ0) is 60.1. The smallest absolute Gasteiger partial charge is 0.150 e. The van der Waals surface area contributed by atoms with Crippen LogP contribution in [0, 0.1) is 17.2 Å². The number of aromatic nitrogens is 6. The van der Waals surface area contributed by atoms with Crippen LogP contribution in [0.15, 0.2) is 231 Å². The summed E-state index contributed by atoms with van der Waals surface area (Å²) in [4.78, 5) is 11.4. The lowest BCUT2D eigenvalue weighted by Crippen LogP contribution is -2.10. The molecule has 7 heteroatoms. The van der Waals surface area contributed by atoms with E-state index < -0.39 is 0 Å². The number of nitrogens with zero attached hydrogens (tertiary/aromatic N) is 7. The summed E-state index contributed by atoms with van der Waals surface area (Å²) in [6, 6.07) is 85.5. The zero-order valence-corrected chi connectivity index (χ0v) is 50.3. The first-order chi connectivity index (χ1) is 45.0. The second-order valence-electron chi connectivity index (χ2n) is 25.2. The van der Waals surface area contributed by atoms with E-state index in [4.69, 9.17) is 9.97 Å². The highest BCUT2D eigenvalue weighted by Gasteiger charge is 2.32. The van der Waals surface area contributed by atoms with Gasteiger partial charge in [-0.2, -0.15) is 5.26 Å². The lowest BCUT2D eigenvalue weighted by molar-refractivity contribution is 0.717. The first-order valence-electron chi connectivity index (χ1n) is 32.0. The van der Waals surface area contributed by atoms with Gasteiger partial charge in [-0.15, -0.1) is 0 Å². The third kappa shape index (κ3) is 6.65. The van der Waals surface area contributed by atoms with Crippen LogP contribution >= 0.6 is 0 Å². The van der Waals surface area contributed by atoms with E-state index >= 15 is 0 Å². The van der Waals surface area contributed by atoms with Crippen LogP contribution in [0.2, 0.25) is 0 Å². The van der Waals surface area contributed by atoms with Gasteiger partial charge < -0.3 is 8.80 Å². The highest BCUT2D eigenvalue weighted by Crippen LogP contribution is 2.51. The van der Waals surface area contributed by atoms with Crippen LogP contribution < -0.4 is 0 Å². The molecule has 0 spiro atoms. The summed E-state index contributed by atoms with van der Waals surface area (Å²) in [6.07, 6.45) is 7.11. The summed E-state index contributed by atoms with van der Waals surface area (Å²) in [5.41, 5.74) is 22.5. The van der Waals surface area contributed by atoms with E-state index in [0.717, 1.165) is 103 Å². The van der Waals surface area contributed by atoms with Crippen molar-refractivity contribution in [2.45, 2.75) is 40.0 Å². The Morgan fingerprint density at radius 3 is 1.52 bits per heavy atom. The maximum absolute atomic E-state index is 10.8. The molecule has 0 saturated heterocycles. The topological polar surface area (TPSA) is 68.2 Å². The quantitative estimate of drug-likeness (QED) is 0.160. The highest BCUT2D eigenvalue weighted by molar-refractivity contribution is 6.35. The summed E-state index contributed by atoms with van der Waals surface area (Å²) in [5.74, 6) is 2.14. The molecule has 20 rings (SSSR count). The van der Waals surface area contributed by atoms with E-state index in [1.54, 1.807) is 0 Å². The Morgan fingerprint density at radius 2 is 0.857 bits per heavy atom. The van der Waals surface area contributed by atoms with Crippen molar-refractivity contribution in [2.24, 2.45) is 5.92 Å². The molecule has 11 aromatic carbocycles. The normalized spacial score (nSPS) is 13.8. The van der Waals surface area contributed by atoms with Crippen molar-refractivity contribution in [3.05, 3.63) is 259 Å². The minimum absolute atomic E-state index is 0.361. The predicted octanol–water partition coefficient (Wildman–Crippen LogP) is 21.3. The summed E-state index contributed by atoms with van der Waals surface area (Å²) in [5, 5.41) is 28.6. The Kier molecular flexibility index (Phi) is 10.2. The van der Waals surface area contributed by atoms with Gasteiger partial charge in [-0.3, -0.25) is 9.13 Å². The molecule has 0 saturated carbocycles. The molecular weight excluding hydrogens is 1110 g/mol. The molecule has 1 unspecified atom stereocenters. The van der Waals surface area contributed by atoms with Crippen molar-refractivity contribution in [2.75, 3.05) is 0 Å². The number of aryl methyl sites for hydroxylation is 2. The Balaban J connectivity index is 0.891. The van der Waals surface area contributed by atoms with Crippen LogP contribution in [-0.2, 0) is 19.3 Å². The molecule has 0 amide bonds. The van der Waals surface area contributed by atoms with Crippen molar-refractivity contribution < 1.29 is 0 Å². The Morgan fingerprint density at radius 1 is 0.396 bits per heavy atom. The summed E-state index contributed by atoms with van der Waals surface area (Å²) in [7, 11) is 0. The van der Waals surface area contributed by atoms with Crippen LogP contribution in [0.5, 0.6) is 0 Å². The molecule has 426 valence electrons. The fourth-order valence-corrected chi connectivity index (χ4v) is 16.7. The number of fused-ring (bicyclic) bond motifs is 22. The molecule has 91 heavy (non-hydrogen) atoms. The SMILES string of the molecule is CCc1c(-n2c3c(c4cc5c6ccccc6n6c7cc(-c8ccc9c%10cc%11c%12ccccc%12n%12c%13ccccc%13c(c%10n(-c%10nc(-c%13ccc(-c%14ccccc%14)cc%13)c%13ccccc%13c%10CC)c9c8)c%11%12)ccc7c(c42)c56)CC(C)C=C3)nc(C#N)c2ccccc12. The van der Waals surface area contributed by atoms with Crippen molar-refractivity contribution >= 4 is 137 Å². The molecule has 0 radical (unpaired) electrons. The van der Waals surface area contributed by atoms with Crippen LogP contribution in [0.1, 0.15) is 48.8 Å². The number of para-hydroxylation sites is 3.